The standard InChI is InChI=1S/C41H27N3O/c1-3-11-28-23-32(21-19-26(28)9-1)40-42-39(43-41(44-40)33-22-20-27-10-2-4-12-29(27)24-33)31-14-7-13-30(25-31)34-16-8-18-37-38(34)35-15-5-6-17-36(35)45-37/h1-19,21,23-25H,20,22H2. The summed E-state index contributed by atoms with van der Waals surface area (Å²) in [5, 5.41) is 4.58. The van der Waals surface area contributed by atoms with Crippen LogP contribution in [0.5, 0.6) is 0 Å². The van der Waals surface area contributed by atoms with Crippen molar-refractivity contribution in [2.24, 2.45) is 0 Å². The van der Waals surface area contributed by atoms with E-state index in [1.165, 1.54) is 16.5 Å². The predicted octanol–water partition coefficient (Wildman–Crippen LogP) is 10.4. The molecule has 0 bridgehead atoms. The number of benzene rings is 6. The second-order valence-corrected chi connectivity index (χ2v) is 11.6. The van der Waals surface area contributed by atoms with Gasteiger partial charge in [0.15, 0.2) is 17.5 Å². The molecule has 6 aromatic carbocycles. The maximum Gasteiger partial charge on any atom is 0.164 e. The van der Waals surface area contributed by atoms with E-state index in [2.05, 4.69) is 121 Å². The van der Waals surface area contributed by atoms with Gasteiger partial charge in [0, 0.05) is 21.9 Å². The topological polar surface area (TPSA) is 51.8 Å². The minimum absolute atomic E-state index is 0.661. The van der Waals surface area contributed by atoms with E-state index in [0.717, 1.165) is 73.8 Å². The maximum atomic E-state index is 6.19. The summed E-state index contributed by atoms with van der Waals surface area (Å²) in [4.78, 5) is 15.3. The average molecular weight is 578 g/mol. The highest BCUT2D eigenvalue weighted by atomic mass is 16.3. The van der Waals surface area contributed by atoms with E-state index in [4.69, 9.17) is 19.4 Å². The van der Waals surface area contributed by atoms with Crippen molar-refractivity contribution in [3.05, 3.63) is 150 Å². The zero-order chi connectivity index (χ0) is 29.7. The van der Waals surface area contributed by atoms with E-state index in [1.54, 1.807) is 0 Å². The molecule has 0 spiro atoms. The lowest BCUT2D eigenvalue weighted by molar-refractivity contribution is 0.669. The van der Waals surface area contributed by atoms with Gasteiger partial charge in [0.1, 0.15) is 11.2 Å². The first-order chi connectivity index (χ1) is 22.3. The maximum absolute atomic E-state index is 6.19. The van der Waals surface area contributed by atoms with Crippen LogP contribution in [0.15, 0.2) is 138 Å². The molecule has 0 aliphatic heterocycles. The molecule has 8 aromatic rings. The SMILES string of the molecule is C1=C(c2nc(-c3cccc(-c4cccc5oc6ccccc6c45)c3)nc(-c3ccc4ccccc4c3)n2)CCc2ccccc21. The largest absolute Gasteiger partial charge is 0.456 e. The highest BCUT2D eigenvalue weighted by molar-refractivity contribution is 6.12. The summed E-state index contributed by atoms with van der Waals surface area (Å²) < 4.78 is 6.19. The van der Waals surface area contributed by atoms with Crippen LogP contribution in [-0.4, -0.2) is 15.0 Å². The second-order valence-electron chi connectivity index (χ2n) is 11.6. The summed E-state index contributed by atoms with van der Waals surface area (Å²) in [6.07, 6.45) is 4.09. The van der Waals surface area contributed by atoms with Gasteiger partial charge in [-0.1, -0.05) is 109 Å². The molecule has 0 amide bonds. The predicted molar refractivity (Wildman–Crippen MR) is 184 cm³/mol. The van der Waals surface area contributed by atoms with E-state index >= 15 is 0 Å². The van der Waals surface area contributed by atoms with E-state index in [9.17, 15) is 0 Å². The highest BCUT2D eigenvalue weighted by Gasteiger charge is 2.19. The number of para-hydroxylation sites is 1. The number of hydrogen-bond donors (Lipinski definition) is 0. The molecule has 0 N–H and O–H groups in total. The first-order valence-electron chi connectivity index (χ1n) is 15.3. The molecule has 0 saturated carbocycles. The van der Waals surface area contributed by atoms with Crippen molar-refractivity contribution in [2.45, 2.75) is 12.8 Å². The summed E-state index contributed by atoms with van der Waals surface area (Å²) in [5.41, 5.74) is 9.62. The molecular formula is C41H27N3O. The third-order valence-electron chi connectivity index (χ3n) is 8.81. The lowest BCUT2D eigenvalue weighted by Crippen LogP contribution is -2.06. The molecule has 0 unspecified atom stereocenters. The van der Waals surface area contributed by atoms with Crippen LogP contribution in [-0.2, 0) is 6.42 Å². The molecule has 0 radical (unpaired) electrons. The van der Waals surface area contributed by atoms with E-state index in [1.807, 2.05) is 18.2 Å². The summed E-state index contributed by atoms with van der Waals surface area (Å²) in [5.74, 6) is 2.06. The van der Waals surface area contributed by atoms with Crippen LogP contribution in [0.1, 0.15) is 23.4 Å². The number of nitrogens with zero attached hydrogens (tertiary/aromatic N) is 3. The van der Waals surface area contributed by atoms with Crippen molar-refractivity contribution in [3.63, 3.8) is 0 Å². The molecule has 9 rings (SSSR count). The van der Waals surface area contributed by atoms with Gasteiger partial charge in [-0.25, -0.2) is 15.0 Å². The summed E-state index contributed by atoms with van der Waals surface area (Å²) >= 11 is 0. The third-order valence-corrected chi connectivity index (χ3v) is 8.81. The van der Waals surface area contributed by atoms with Gasteiger partial charge in [0.2, 0.25) is 0 Å². The van der Waals surface area contributed by atoms with Gasteiger partial charge in [-0.05, 0) is 81.8 Å². The van der Waals surface area contributed by atoms with Gasteiger partial charge in [0.25, 0.3) is 0 Å². The number of aromatic nitrogens is 3. The number of allylic oxidation sites excluding steroid dienone is 1. The van der Waals surface area contributed by atoms with Crippen molar-refractivity contribution in [3.8, 4) is 33.9 Å². The first-order valence-corrected chi connectivity index (χ1v) is 15.3. The van der Waals surface area contributed by atoms with Gasteiger partial charge in [-0.2, -0.15) is 0 Å². The zero-order valence-corrected chi connectivity index (χ0v) is 24.4. The molecule has 1 aliphatic rings. The molecular weight excluding hydrogens is 550 g/mol. The molecule has 45 heavy (non-hydrogen) atoms. The molecule has 2 heterocycles. The van der Waals surface area contributed by atoms with Crippen molar-refractivity contribution in [2.75, 3.05) is 0 Å². The van der Waals surface area contributed by atoms with Gasteiger partial charge >= 0.3 is 0 Å². The van der Waals surface area contributed by atoms with Gasteiger partial charge in [-0.15, -0.1) is 0 Å². The minimum atomic E-state index is 0.661. The van der Waals surface area contributed by atoms with Crippen molar-refractivity contribution < 1.29 is 4.42 Å². The van der Waals surface area contributed by atoms with Crippen LogP contribution in [0.3, 0.4) is 0 Å². The second kappa shape index (κ2) is 10.4. The van der Waals surface area contributed by atoms with Gasteiger partial charge in [0.05, 0.1) is 0 Å². The molecule has 1 aliphatic carbocycles. The Hall–Kier alpha value is -5.87. The smallest absolute Gasteiger partial charge is 0.164 e. The third kappa shape index (κ3) is 4.50. The zero-order valence-electron chi connectivity index (χ0n) is 24.4. The van der Waals surface area contributed by atoms with E-state index < -0.39 is 0 Å². The Kier molecular flexibility index (Phi) is 5.91. The quantitative estimate of drug-likeness (QED) is 0.209. The minimum Gasteiger partial charge on any atom is -0.456 e. The van der Waals surface area contributed by atoms with Crippen LogP contribution < -0.4 is 0 Å². The van der Waals surface area contributed by atoms with Crippen molar-refractivity contribution in [1.82, 2.24) is 15.0 Å². The molecule has 212 valence electrons. The van der Waals surface area contributed by atoms with Crippen LogP contribution in [0, 0.1) is 0 Å². The number of fused-ring (bicyclic) bond motifs is 5. The number of hydrogen-bond acceptors (Lipinski definition) is 4. The van der Waals surface area contributed by atoms with E-state index in [-0.39, 0.29) is 0 Å². The molecule has 0 atom stereocenters. The van der Waals surface area contributed by atoms with Crippen LogP contribution >= 0.6 is 0 Å². The monoisotopic (exact) mass is 577 g/mol. The Balaban J connectivity index is 1.22. The Labute approximate surface area is 260 Å². The summed E-state index contributed by atoms with van der Waals surface area (Å²) in [7, 11) is 0. The normalized spacial score (nSPS) is 12.8. The fourth-order valence-corrected chi connectivity index (χ4v) is 6.56. The van der Waals surface area contributed by atoms with Crippen molar-refractivity contribution in [1.29, 1.82) is 0 Å². The van der Waals surface area contributed by atoms with Crippen LogP contribution in [0.2, 0.25) is 0 Å². The average Bonchev–Trinajstić information content (AvgIpc) is 3.50. The Morgan fingerprint density at radius 3 is 2.13 bits per heavy atom. The van der Waals surface area contributed by atoms with Crippen molar-refractivity contribution >= 4 is 44.4 Å². The fourth-order valence-electron chi connectivity index (χ4n) is 6.56. The molecule has 4 heteroatoms. The summed E-state index contributed by atoms with van der Waals surface area (Å²) in [6.45, 7) is 0. The number of rotatable bonds is 4. The Morgan fingerprint density at radius 1 is 0.489 bits per heavy atom. The fraction of sp³-hybridized carbons (Fsp3) is 0.0488. The molecule has 0 saturated heterocycles. The lowest BCUT2D eigenvalue weighted by atomic mass is 9.92. The first kappa shape index (κ1) is 25.6. The van der Waals surface area contributed by atoms with E-state index in [0.29, 0.717) is 11.6 Å². The molecule has 4 nitrogen and oxygen atoms in total. The number of furan rings is 1. The number of aryl methyl sites for hydroxylation is 1. The lowest BCUT2D eigenvalue weighted by Gasteiger charge is -2.17. The Morgan fingerprint density at radius 2 is 1.20 bits per heavy atom. The van der Waals surface area contributed by atoms with Gasteiger partial charge in [-0.3, -0.25) is 0 Å². The molecule has 2 aromatic heterocycles. The summed E-state index contributed by atoms with van der Waals surface area (Å²) in [6, 6.07) is 46.3. The Bertz CT molecular complexity index is 2450. The van der Waals surface area contributed by atoms with Crippen LogP contribution in [0.4, 0.5) is 0 Å². The van der Waals surface area contributed by atoms with Crippen LogP contribution in [0.25, 0.3) is 78.3 Å². The molecule has 0 fully saturated rings. The van der Waals surface area contributed by atoms with Gasteiger partial charge < -0.3 is 4.42 Å². The highest BCUT2D eigenvalue weighted by Crippen LogP contribution is 2.38.